The van der Waals surface area contributed by atoms with Crippen molar-refractivity contribution in [3.63, 3.8) is 0 Å². The molecular weight excluding hydrogens is 470 g/mol. The summed E-state index contributed by atoms with van der Waals surface area (Å²) in [5, 5.41) is 6.47. The molecule has 0 radical (unpaired) electrons. The number of carbonyl (C=O) groups excluding carboxylic acids is 1. The number of hydrogen-bond acceptors (Lipinski definition) is 5. The van der Waals surface area contributed by atoms with Gasteiger partial charge in [0.25, 0.3) is 0 Å². The molecule has 3 aromatic heterocycles. The average molecular weight is 498 g/mol. The summed E-state index contributed by atoms with van der Waals surface area (Å²) in [5.74, 6) is 0.722. The fraction of sp³-hybridized carbons (Fsp3) is 0.172. The topological polar surface area (TPSA) is 78.3 Å². The van der Waals surface area contributed by atoms with E-state index in [0.29, 0.717) is 19.6 Å². The van der Waals surface area contributed by atoms with Gasteiger partial charge < -0.3 is 14.3 Å². The molecule has 36 heavy (non-hydrogen) atoms. The number of H-pyrrole nitrogens is 1. The Kier molecular flexibility index (Phi) is 7.11. The summed E-state index contributed by atoms with van der Waals surface area (Å²) in [6, 6.07) is 24.5. The van der Waals surface area contributed by atoms with Crippen LogP contribution in [0.3, 0.4) is 0 Å². The van der Waals surface area contributed by atoms with Crippen LogP contribution >= 0.6 is 11.3 Å². The van der Waals surface area contributed by atoms with E-state index in [4.69, 9.17) is 4.42 Å². The maximum absolute atomic E-state index is 14.0. The van der Waals surface area contributed by atoms with Gasteiger partial charge in [-0.05, 0) is 65.2 Å². The Morgan fingerprint density at radius 2 is 1.89 bits per heavy atom. The molecule has 0 bridgehead atoms. The van der Waals surface area contributed by atoms with E-state index < -0.39 is 6.04 Å². The van der Waals surface area contributed by atoms with E-state index in [1.165, 1.54) is 6.07 Å². The van der Waals surface area contributed by atoms with Gasteiger partial charge >= 0.3 is 0 Å². The average Bonchev–Trinajstić information content (AvgIpc) is 3.59. The molecule has 2 aromatic carbocycles. The molecule has 2 N–H and O–H groups in total. The Morgan fingerprint density at radius 3 is 2.64 bits per heavy atom. The maximum atomic E-state index is 14.0. The Bertz CT molecular complexity index is 1450. The first-order chi connectivity index (χ1) is 17.5. The standard InChI is InChI=1S/C29H27N3O3S/c1-20-6-9-22(10-7-20)28(30-17-21-8-12-26-23(16-21)11-13-27(33)31-26)29(34)32(18-24-4-2-14-35-24)19-25-5-3-15-36-25/h2-16,28,30H,17-19H2,1H3,(H,31,33). The quantitative estimate of drug-likeness (QED) is 0.280. The largest absolute Gasteiger partial charge is 0.467 e. The lowest BCUT2D eigenvalue weighted by molar-refractivity contribution is -0.135. The summed E-state index contributed by atoms with van der Waals surface area (Å²) in [5.41, 5.74) is 3.74. The second kappa shape index (κ2) is 10.8. The number of rotatable bonds is 9. The Balaban J connectivity index is 1.43. The number of nitrogens with one attached hydrogen (secondary N) is 2. The van der Waals surface area contributed by atoms with Crippen molar-refractivity contribution in [1.82, 2.24) is 15.2 Å². The molecular formula is C29H27N3O3S. The van der Waals surface area contributed by atoms with E-state index in [1.54, 1.807) is 17.6 Å². The summed E-state index contributed by atoms with van der Waals surface area (Å²) in [6.45, 7) is 3.42. The number of fused-ring (bicyclic) bond motifs is 1. The smallest absolute Gasteiger partial charge is 0.248 e. The number of aromatic nitrogens is 1. The third-order valence-electron chi connectivity index (χ3n) is 6.12. The molecule has 0 aliphatic rings. The van der Waals surface area contributed by atoms with E-state index in [9.17, 15) is 9.59 Å². The molecule has 1 amide bonds. The van der Waals surface area contributed by atoms with Crippen LogP contribution in [0.5, 0.6) is 0 Å². The van der Waals surface area contributed by atoms with Gasteiger partial charge in [0.15, 0.2) is 0 Å². The summed E-state index contributed by atoms with van der Waals surface area (Å²) < 4.78 is 5.58. The van der Waals surface area contributed by atoms with Crippen LogP contribution in [0.15, 0.2) is 99.7 Å². The highest BCUT2D eigenvalue weighted by atomic mass is 32.1. The molecule has 0 spiro atoms. The minimum atomic E-state index is -0.535. The first-order valence-electron chi connectivity index (χ1n) is 11.8. The summed E-state index contributed by atoms with van der Waals surface area (Å²) in [4.78, 5) is 31.4. The Morgan fingerprint density at radius 1 is 1.03 bits per heavy atom. The van der Waals surface area contributed by atoms with E-state index >= 15 is 0 Å². The summed E-state index contributed by atoms with van der Waals surface area (Å²) in [7, 11) is 0. The molecule has 0 fully saturated rings. The van der Waals surface area contributed by atoms with Gasteiger partial charge in [-0.1, -0.05) is 42.0 Å². The van der Waals surface area contributed by atoms with Crippen LogP contribution in [0.25, 0.3) is 10.9 Å². The van der Waals surface area contributed by atoms with Crippen molar-refractivity contribution in [2.45, 2.75) is 32.6 Å². The predicted molar refractivity (Wildman–Crippen MR) is 143 cm³/mol. The Labute approximate surface area is 213 Å². The van der Waals surface area contributed by atoms with Crippen LogP contribution in [-0.2, 0) is 24.4 Å². The zero-order valence-corrected chi connectivity index (χ0v) is 20.8. The van der Waals surface area contributed by atoms with E-state index in [2.05, 4.69) is 10.3 Å². The van der Waals surface area contributed by atoms with Crippen molar-refractivity contribution < 1.29 is 9.21 Å². The lowest BCUT2D eigenvalue weighted by atomic mass is 10.0. The van der Waals surface area contributed by atoms with Gasteiger partial charge in [-0.3, -0.25) is 14.9 Å². The van der Waals surface area contributed by atoms with Gasteiger partial charge in [0.1, 0.15) is 11.8 Å². The first-order valence-corrected chi connectivity index (χ1v) is 12.7. The van der Waals surface area contributed by atoms with Crippen molar-refractivity contribution in [3.05, 3.63) is 128 Å². The number of aryl methyl sites for hydroxylation is 1. The van der Waals surface area contributed by atoms with Crippen LogP contribution < -0.4 is 10.9 Å². The number of furan rings is 1. The molecule has 1 atom stereocenters. The molecule has 3 heterocycles. The minimum Gasteiger partial charge on any atom is -0.467 e. The normalized spacial score (nSPS) is 12.0. The van der Waals surface area contributed by atoms with Crippen LogP contribution in [0.2, 0.25) is 0 Å². The molecule has 182 valence electrons. The van der Waals surface area contributed by atoms with Gasteiger partial charge in [-0.25, -0.2) is 0 Å². The van der Waals surface area contributed by atoms with Gasteiger partial charge in [-0.2, -0.15) is 0 Å². The minimum absolute atomic E-state index is 0.0197. The highest BCUT2D eigenvalue weighted by Gasteiger charge is 2.27. The molecule has 5 aromatic rings. The number of nitrogens with zero attached hydrogens (tertiary/aromatic N) is 1. The first kappa shape index (κ1) is 23.8. The molecule has 6 nitrogen and oxygen atoms in total. The number of hydrogen-bond donors (Lipinski definition) is 2. The molecule has 0 saturated heterocycles. The van der Waals surface area contributed by atoms with E-state index in [1.807, 2.05) is 90.0 Å². The summed E-state index contributed by atoms with van der Waals surface area (Å²) in [6.07, 6.45) is 1.63. The maximum Gasteiger partial charge on any atom is 0.248 e. The van der Waals surface area contributed by atoms with Gasteiger partial charge in [0, 0.05) is 23.0 Å². The number of aromatic amines is 1. The van der Waals surface area contributed by atoms with Crippen molar-refractivity contribution >= 4 is 28.1 Å². The third-order valence-corrected chi connectivity index (χ3v) is 6.98. The van der Waals surface area contributed by atoms with Gasteiger partial charge in [0.05, 0.1) is 19.4 Å². The zero-order valence-electron chi connectivity index (χ0n) is 19.9. The highest BCUT2D eigenvalue weighted by molar-refractivity contribution is 7.09. The van der Waals surface area contributed by atoms with Crippen molar-refractivity contribution in [2.75, 3.05) is 0 Å². The van der Waals surface area contributed by atoms with Crippen molar-refractivity contribution in [1.29, 1.82) is 0 Å². The molecule has 1 unspecified atom stereocenters. The van der Waals surface area contributed by atoms with Crippen LogP contribution in [0.4, 0.5) is 0 Å². The van der Waals surface area contributed by atoms with E-state index in [-0.39, 0.29) is 11.5 Å². The van der Waals surface area contributed by atoms with Crippen molar-refractivity contribution in [2.24, 2.45) is 0 Å². The van der Waals surface area contributed by atoms with Crippen LogP contribution in [0.1, 0.15) is 33.4 Å². The molecule has 0 aliphatic carbocycles. The monoisotopic (exact) mass is 497 g/mol. The number of thiophene rings is 1. The van der Waals surface area contributed by atoms with Gasteiger partial charge in [0.2, 0.25) is 11.5 Å². The predicted octanol–water partition coefficient (Wildman–Crippen LogP) is 5.55. The lowest BCUT2D eigenvalue weighted by Gasteiger charge is -2.28. The second-order valence-corrected chi connectivity index (χ2v) is 9.85. The zero-order chi connectivity index (χ0) is 24.9. The summed E-state index contributed by atoms with van der Waals surface area (Å²) >= 11 is 1.63. The van der Waals surface area contributed by atoms with Crippen LogP contribution in [-0.4, -0.2) is 15.8 Å². The molecule has 5 rings (SSSR count). The molecule has 0 saturated carbocycles. The molecule has 0 aliphatic heterocycles. The number of amides is 1. The fourth-order valence-electron chi connectivity index (χ4n) is 4.22. The van der Waals surface area contributed by atoms with Crippen LogP contribution in [0, 0.1) is 6.92 Å². The van der Waals surface area contributed by atoms with Gasteiger partial charge in [-0.15, -0.1) is 11.3 Å². The number of pyridine rings is 1. The lowest BCUT2D eigenvalue weighted by Crippen LogP contribution is -2.40. The number of benzene rings is 2. The third kappa shape index (κ3) is 5.64. The molecule has 7 heteroatoms. The SMILES string of the molecule is Cc1ccc(C(NCc2ccc3[nH]c(=O)ccc3c2)C(=O)N(Cc2ccco2)Cc2cccs2)cc1. The second-order valence-electron chi connectivity index (χ2n) is 8.82. The Hall–Kier alpha value is -3.94. The fourth-order valence-corrected chi connectivity index (χ4v) is 4.94. The highest BCUT2D eigenvalue weighted by Crippen LogP contribution is 2.23. The van der Waals surface area contributed by atoms with E-state index in [0.717, 1.165) is 38.2 Å². The van der Waals surface area contributed by atoms with Crippen molar-refractivity contribution in [3.8, 4) is 0 Å². The number of carbonyl (C=O) groups is 1.